The molecule has 0 unspecified atom stereocenters. The third-order valence-electron chi connectivity index (χ3n) is 5.41. The van der Waals surface area contributed by atoms with Crippen molar-refractivity contribution in [2.75, 3.05) is 26.4 Å². The third-order valence-corrected chi connectivity index (χ3v) is 5.41. The zero-order chi connectivity index (χ0) is 17.6. The van der Waals surface area contributed by atoms with Gasteiger partial charge >= 0.3 is 0 Å². The van der Waals surface area contributed by atoms with Crippen LogP contribution >= 0.6 is 0 Å². The molecule has 7 nitrogen and oxygen atoms in total. The molecule has 3 rings (SSSR count). The van der Waals surface area contributed by atoms with E-state index in [-0.39, 0.29) is 36.5 Å². The van der Waals surface area contributed by atoms with E-state index in [0.717, 1.165) is 25.8 Å². The quantitative estimate of drug-likeness (QED) is 0.613. The fourth-order valence-corrected chi connectivity index (χ4v) is 3.57. The summed E-state index contributed by atoms with van der Waals surface area (Å²) in [6.45, 7) is 1.86. The number of hydrogen-bond acceptors (Lipinski definition) is 5. The van der Waals surface area contributed by atoms with E-state index in [9.17, 15) is 14.7 Å². The number of carbonyl (C=O) groups is 2. The minimum absolute atomic E-state index is 0.0123. The predicted octanol–water partition coefficient (Wildman–Crippen LogP) is 0.354. The second kappa shape index (κ2) is 8.96. The summed E-state index contributed by atoms with van der Waals surface area (Å²) < 4.78 is 11.2. The zero-order valence-electron chi connectivity index (χ0n) is 14.7. The maximum Gasteiger partial charge on any atom is 0.223 e. The molecule has 2 saturated heterocycles. The first-order chi connectivity index (χ1) is 12.2. The van der Waals surface area contributed by atoms with Crippen molar-refractivity contribution in [3.63, 3.8) is 0 Å². The highest BCUT2D eigenvalue weighted by atomic mass is 16.5. The molecule has 3 N–H and O–H groups in total. The first kappa shape index (κ1) is 18.6. The first-order valence-electron chi connectivity index (χ1n) is 9.57. The molecule has 25 heavy (non-hydrogen) atoms. The van der Waals surface area contributed by atoms with Gasteiger partial charge in [-0.3, -0.25) is 9.59 Å². The van der Waals surface area contributed by atoms with Crippen molar-refractivity contribution in [2.45, 2.75) is 63.2 Å². The lowest BCUT2D eigenvalue weighted by molar-refractivity contribution is -0.139. The summed E-state index contributed by atoms with van der Waals surface area (Å²) in [6.07, 6.45) is 5.03. The van der Waals surface area contributed by atoms with Crippen LogP contribution in [0.25, 0.3) is 0 Å². The van der Waals surface area contributed by atoms with Crippen molar-refractivity contribution in [3.05, 3.63) is 0 Å². The van der Waals surface area contributed by atoms with Crippen LogP contribution in [0.2, 0.25) is 0 Å². The topological polar surface area (TPSA) is 96.9 Å². The van der Waals surface area contributed by atoms with Crippen molar-refractivity contribution in [1.29, 1.82) is 0 Å². The van der Waals surface area contributed by atoms with E-state index in [1.54, 1.807) is 0 Å². The molecule has 0 aromatic carbocycles. The summed E-state index contributed by atoms with van der Waals surface area (Å²) in [7, 11) is 0. The van der Waals surface area contributed by atoms with Crippen LogP contribution in [0, 0.1) is 11.8 Å². The molecule has 0 bridgehead atoms. The number of nitrogens with one attached hydrogen (secondary N) is 2. The maximum atomic E-state index is 12.4. The Kier molecular flexibility index (Phi) is 6.67. The van der Waals surface area contributed by atoms with Crippen LogP contribution in [0.5, 0.6) is 0 Å². The van der Waals surface area contributed by atoms with Gasteiger partial charge in [0.1, 0.15) is 6.10 Å². The van der Waals surface area contributed by atoms with Crippen LogP contribution in [-0.2, 0) is 19.1 Å². The van der Waals surface area contributed by atoms with Crippen molar-refractivity contribution >= 4 is 11.8 Å². The number of aliphatic hydroxyl groups is 1. The van der Waals surface area contributed by atoms with Gasteiger partial charge < -0.3 is 25.2 Å². The molecular formula is C18H30N2O5. The molecule has 1 saturated carbocycles. The van der Waals surface area contributed by atoms with Gasteiger partial charge in [-0.25, -0.2) is 0 Å². The average molecular weight is 354 g/mol. The number of aliphatic hydroxyl groups excluding tert-OH is 1. The minimum Gasteiger partial charge on any atom is -0.394 e. The normalized spacial score (nSPS) is 30.7. The van der Waals surface area contributed by atoms with Crippen LogP contribution in [0.3, 0.4) is 0 Å². The average Bonchev–Trinajstić information content (AvgIpc) is 3.46. The van der Waals surface area contributed by atoms with Gasteiger partial charge in [0, 0.05) is 25.7 Å². The molecule has 7 heteroatoms. The highest BCUT2D eigenvalue weighted by molar-refractivity contribution is 5.79. The van der Waals surface area contributed by atoms with Crippen LogP contribution in [-0.4, -0.2) is 61.5 Å². The molecule has 1 aliphatic carbocycles. The second-order valence-corrected chi connectivity index (χ2v) is 7.51. The number of ether oxygens (including phenoxy) is 2. The fourth-order valence-electron chi connectivity index (χ4n) is 3.57. The molecule has 0 aromatic rings. The summed E-state index contributed by atoms with van der Waals surface area (Å²) in [6, 6.07) is -0.189. The molecule has 3 atom stereocenters. The monoisotopic (exact) mass is 354 g/mol. The molecule has 0 radical (unpaired) electrons. The van der Waals surface area contributed by atoms with Gasteiger partial charge in [0.2, 0.25) is 11.8 Å². The van der Waals surface area contributed by atoms with Gasteiger partial charge in [0.25, 0.3) is 0 Å². The SMILES string of the molecule is O=C(C[C@H]1CC[C@@H](NC(=O)C2CCOCC2)[C@H](CO)O1)NCC1CC1. The number of carbonyl (C=O) groups excluding carboxylic acids is 2. The Morgan fingerprint density at radius 1 is 1.04 bits per heavy atom. The van der Waals surface area contributed by atoms with Crippen molar-refractivity contribution in [1.82, 2.24) is 10.6 Å². The summed E-state index contributed by atoms with van der Waals surface area (Å²) >= 11 is 0. The Bertz CT molecular complexity index is 462. The third kappa shape index (κ3) is 5.66. The van der Waals surface area contributed by atoms with E-state index in [0.29, 0.717) is 32.0 Å². The van der Waals surface area contributed by atoms with E-state index in [2.05, 4.69) is 10.6 Å². The lowest BCUT2D eigenvalue weighted by Gasteiger charge is -2.37. The maximum absolute atomic E-state index is 12.4. The number of hydrogen-bond donors (Lipinski definition) is 3. The summed E-state index contributed by atoms with van der Waals surface area (Å²) in [5.41, 5.74) is 0. The molecule has 0 aromatic heterocycles. The van der Waals surface area contributed by atoms with E-state index in [1.165, 1.54) is 12.8 Å². The molecule has 2 aliphatic heterocycles. The molecule has 2 heterocycles. The van der Waals surface area contributed by atoms with Crippen molar-refractivity contribution in [2.24, 2.45) is 11.8 Å². The molecule has 142 valence electrons. The Balaban J connectivity index is 1.42. The molecule has 2 amide bonds. The Morgan fingerprint density at radius 3 is 2.48 bits per heavy atom. The van der Waals surface area contributed by atoms with Crippen LogP contribution < -0.4 is 10.6 Å². The lowest BCUT2D eigenvalue weighted by atomic mass is 9.94. The van der Waals surface area contributed by atoms with Gasteiger partial charge in [-0.1, -0.05) is 0 Å². The van der Waals surface area contributed by atoms with Gasteiger partial charge in [-0.2, -0.15) is 0 Å². The van der Waals surface area contributed by atoms with E-state index in [1.807, 2.05) is 0 Å². The van der Waals surface area contributed by atoms with Gasteiger partial charge in [0.15, 0.2) is 0 Å². The lowest BCUT2D eigenvalue weighted by Crippen LogP contribution is -2.53. The van der Waals surface area contributed by atoms with Crippen LogP contribution in [0.15, 0.2) is 0 Å². The number of rotatable bonds is 7. The second-order valence-electron chi connectivity index (χ2n) is 7.51. The summed E-state index contributed by atoms with van der Waals surface area (Å²) in [5.74, 6) is 0.680. The Morgan fingerprint density at radius 2 is 1.80 bits per heavy atom. The van der Waals surface area contributed by atoms with Gasteiger partial charge in [-0.05, 0) is 44.4 Å². The molecule has 0 spiro atoms. The van der Waals surface area contributed by atoms with Crippen molar-refractivity contribution in [3.8, 4) is 0 Å². The number of amides is 2. The zero-order valence-corrected chi connectivity index (χ0v) is 14.7. The minimum atomic E-state index is -0.446. The van der Waals surface area contributed by atoms with E-state index in [4.69, 9.17) is 9.47 Å². The van der Waals surface area contributed by atoms with E-state index < -0.39 is 6.10 Å². The highest BCUT2D eigenvalue weighted by Gasteiger charge is 2.34. The molecule has 3 fully saturated rings. The Labute approximate surface area is 148 Å². The standard InChI is InChI=1S/C18H30N2O5/c21-11-16-15(20-18(23)13-5-7-24-8-6-13)4-3-14(25-16)9-17(22)19-10-12-1-2-12/h12-16,21H,1-11H2,(H,19,22)(H,20,23)/t14-,15-,16+/m1/s1. The first-order valence-corrected chi connectivity index (χ1v) is 9.57. The van der Waals surface area contributed by atoms with Gasteiger partial charge in [-0.15, -0.1) is 0 Å². The van der Waals surface area contributed by atoms with E-state index >= 15 is 0 Å². The summed E-state index contributed by atoms with van der Waals surface area (Å²) in [5, 5.41) is 15.6. The highest BCUT2D eigenvalue weighted by Crippen LogP contribution is 2.28. The fraction of sp³-hybridized carbons (Fsp3) is 0.889. The van der Waals surface area contributed by atoms with Crippen molar-refractivity contribution < 1.29 is 24.2 Å². The smallest absolute Gasteiger partial charge is 0.223 e. The largest absolute Gasteiger partial charge is 0.394 e. The summed E-state index contributed by atoms with van der Waals surface area (Å²) in [4.78, 5) is 24.3. The molecular weight excluding hydrogens is 324 g/mol. The van der Waals surface area contributed by atoms with Crippen LogP contribution in [0.4, 0.5) is 0 Å². The predicted molar refractivity (Wildman–Crippen MR) is 90.8 cm³/mol. The van der Waals surface area contributed by atoms with Crippen LogP contribution in [0.1, 0.15) is 44.9 Å². The molecule has 3 aliphatic rings. The Hall–Kier alpha value is -1.18. The van der Waals surface area contributed by atoms with Gasteiger partial charge in [0.05, 0.1) is 25.2 Å².